The standard InChI is InChI=1S/C7H8N4O5/c12-4(13)1-3(7(15)16)10-6(14)5-8-2-9-11-5/h2-3H,1H2,(H,10,14)(H,12,13)(H,15,16)(H,8,9,11)/t3-/m0/s1. The minimum atomic E-state index is -1.50. The van der Waals surface area contributed by atoms with Crippen molar-refractivity contribution in [2.24, 2.45) is 0 Å². The number of aromatic nitrogens is 3. The first-order valence-corrected chi connectivity index (χ1v) is 4.11. The van der Waals surface area contributed by atoms with Crippen LogP contribution >= 0.6 is 0 Å². The normalized spacial score (nSPS) is 11.8. The number of nitrogens with zero attached hydrogens (tertiary/aromatic N) is 2. The van der Waals surface area contributed by atoms with Crippen LogP contribution in [0.5, 0.6) is 0 Å². The number of hydrogen-bond acceptors (Lipinski definition) is 5. The maximum absolute atomic E-state index is 11.3. The number of amides is 1. The SMILES string of the molecule is O=C(O)C[C@H](NC(=O)c1ncn[nH]1)C(=O)O. The Morgan fingerprint density at radius 1 is 1.44 bits per heavy atom. The van der Waals surface area contributed by atoms with Gasteiger partial charge in [0.15, 0.2) is 0 Å². The minimum Gasteiger partial charge on any atom is -0.481 e. The third-order valence-electron chi connectivity index (χ3n) is 1.61. The summed E-state index contributed by atoms with van der Waals surface area (Å²) in [6.45, 7) is 0. The lowest BCUT2D eigenvalue weighted by molar-refractivity contribution is -0.145. The van der Waals surface area contributed by atoms with Gasteiger partial charge in [0.25, 0.3) is 5.91 Å². The molecule has 1 aromatic heterocycles. The van der Waals surface area contributed by atoms with Gasteiger partial charge in [0, 0.05) is 0 Å². The number of aromatic amines is 1. The Hall–Kier alpha value is -2.45. The monoisotopic (exact) mass is 228 g/mol. The first kappa shape index (κ1) is 11.6. The van der Waals surface area contributed by atoms with Crippen LogP contribution in [-0.2, 0) is 9.59 Å². The largest absolute Gasteiger partial charge is 0.481 e. The predicted octanol–water partition coefficient (Wildman–Crippen LogP) is -1.54. The van der Waals surface area contributed by atoms with Crippen molar-refractivity contribution >= 4 is 17.8 Å². The van der Waals surface area contributed by atoms with Gasteiger partial charge in [-0.3, -0.25) is 14.7 Å². The van der Waals surface area contributed by atoms with Crippen LogP contribution in [0.25, 0.3) is 0 Å². The zero-order valence-electron chi connectivity index (χ0n) is 7.88. The molecule has 9 nitrogen and oxygen atoms in total. The highest BCUT2D eigenvalue weighted by molar-refractivity contribution is 5.94. The smallest absolute Gasteiger partial charge is 0.326 e. The van der Waals surface area contributed by atoms with Crippen molar-refractivity contribution < 1.29 is 24.6 Å². The van der Waals surface area contributed by atoms with E-state index in [1.165, 1.54) is 0 Å². The summed E-state index contributed by atoms with van der Waals surface area (Å²) in [6, 6.07) is -1.50. The summed E-state index contributed by atoms with van der Waals surface area (Å²) in [6.07, 6.45) is 0.358. The van der Waals surface area contributed by atoms with Crippen molar-refractivity contribution in [2.45, 2.75) is 12.5 Å². The van der Waals surface area contributed by atoms with E-state index in [1.54, 1.807) is 0 Å². The number of carboxylic acid groups (broad SMARTS) is 2. The van der Waals surface area contributed by atoms with E-state index in [2.05, 4.69) is 15.2 Å². The third kappa shape index (κ3) is 3.04. The van der Waals surface area contributed by atoms with Crippen LogP contribution in [0.1, 0.15) is 17.0 Å². The van der Waals surface area contributed by atoms with Crippen LogP contribution < -0.4 is 5.32 Å². The molecule has 1 amide bonds. The first-order valence-electron chi connectivity index (χ1n) is 4.11. The van der Waals surface area contributed by atoms with Gasteiger partial charge in [0.2, 0.25) is 5.82 Å². The molecule has 0 saturated carbocycles. The van der Waals surface area contributed by atoms with E-state index in [0.717, 1.165) is 6.33 Å². The lowest BCUT2D eigenvalue weighted by atomic mass is 10.2. The van der Waals surface area contributed by atoms with Gasteiger partial charge in [0.05, 0.1) is 6.42 Å². The Morgan fingerprint density at radius 2 is 2.12 bits per heavy atom. The Bertz CT molecular complexity index is 401. The van der Waals surface area contributed by atoms with Crippen LogP contribution in [-0.4, -0.2) is 49.3 Å². The fraction of sp³-hybridized carbons (Fsp3) is 0.286. The van der Waals surface area contributed by atoms with Crippen LogP contribution in [0.2, 0.25) is 0 Å². The third-order valence-corrected chi connectivity index (χ3v) is 1.61. The molecule has 0 aliphatic carbocycles. The highest BCUT2D eigenvalue weighted by atomic mass is 16.4. The Morgan fingerprint density at radius 3 is 2.56 bits per heavy atom. The van der Waals surface area contributed by atoms with Gasteiger partial charge in [-0.15, -0.1) is 0 Å². The Kier molecular flexibility index (Phi) is 3.53. The van der Waals surface area contributed by atoms with Crippen LogP contribution in [0.3, 0.4) is 0 Å². The van der Waals surface area contributed by atoms with Crippen molar-refractivity contribution in [1.82, 2.24) is 20.5 Å². The second kappa shape index (κ2) is 4.87. The molecule has 9 heteroatoms. The summed E-state index contributed by atoms with van der Waals surface area (Å²) >= 11 is 0. The summed E-state index contributed by atoms with van der Waals surface area (Å²) in [7, 11) is 0. The zero-order valence-corrected chi connectivity index (χ0v) is 7.88. The van der Waals surface area contributed by atoms with E-state index in [9.17, 15) is 14.4 Å². The second-order valence-electron chi connectivity index (χ2n) is 2.80. The van der Waals surface area contributed by atoms with E-state index >= 15 is 0 Å². The molecule has 0 spiro atoms. The van der Waals surface area contributed by atoms with Gasteiger partial charge in [0.1, 0.15) is 12.4 Å². The van der Waals surface area contributed by atoms with Gasteiger partial charge in [-0.05, 0) is 0 Å². The van der Waals surface area contributed by atoms with Crippen LogP contribution in [0, 0.1) is 0 Å². The molecule has 0 aromatic carbocycles. The van der Waals surface area contributed by atoms with Crippen molar-refractivity contribution in [1.29, 1.82) is 0 Å². The molecule has 0 aliphatic heterocycles. The number of carbonyl (C=O) groups excluding carboxylic acids is 1. The molecule has 86 valence electrons. The number of rotatable bonds is 5. The predicted molar refractivity (Wildman–Crippen MR) is 47.5 cm³/mol. The summed E-state index contributed by atoms with van der Waals surface area (Å²) in [5.41, 5.74) is 0. The van der Waals surface area contributed by atoms with E-state index in [1.807, 2.05) is 5.32 Å². The fourth-order valence-electron chi connectivity index (χ4n) is 0.916. The molecular formula is C7H8N4O5. The van der Waals surface area contributed by atoms with Gasteiger partial charge < -0.3 is 15.5 Å². The molecule has 0 bridgehead atoms. The van der Waals surface area contributed by atoms with Gasteiger partial charge in [-0.2, -0.15) is 5.10 Å². The molecule has 4 N–H and O–H groups in total. The molecule has 1 aromatic rings. The fourth-order valence-corrected chi connectivity index (χ4v) is 0.916. The topological polar surface area (TPSA) is 145 Å². The molecule has 0 saturated heterocycles. The van der Waals surface area contributed by atoms with Gasteiger partial charge >= 0.3 is 11.9 Å². The molecule has 0 aliphatic rings. The maximum Gasteiger partial charge on any atom is 0.326 e. The van der Waals surface area contributed by atoms with Crippen molar-refractivity contribution in [3.05, 3.63) is 12.2 Å². The Balaban J connectivity index is 2.65. The average molecular weight is 228 g/mol. The lowest BCUT2D eigenvalue weighted by Crippen LogP contribution is -2.42. The molecule has 1 rings (SSSR count). The van der Waals surface area contributed by atoms with Crippen molar-refractivity contribution in [3.8, 4) is 0 Å². The maximum atomic E-state index is 11.3. The highest BCUT2D eigenvalue weighted by Gasteiger charge is 2.24. The molecule has 16 heavy (non-hydrogen) atoms. The highest BCUT2D eigenvalue weighted by Crippen LogP contribution is 1.95. The molecule has 0 unspecified atom stereocenters. The quantitative estimate of drug-likeness (QED) is 0.477. The zero-order chi connectivity index (χ0) is 12.1. The number of aliphatic carboxylic acids is 2. The average Bonchev–Trinajstić information content (AvgIpc) is 2.68. The van der Waals surface area contributed by atoms with Crippen LogP contribution in [0.4, 0.5) is 0 Å². The summed E-state index contributed by atoms with van der Waals surface area (Å²) in [4.78, 5) is 35.7. The minimum absolute atomic E-state index is 0.184. The molecule has 0 fully saturated rings. The number of carboxylic acids is 2. The summed E-state index contributed by atoms with van der Waals surface area (Å²) in [5.74, 6) is -3.77. The number of nitrogens with one attached hydrogen (secondary N) is 2. The van der Waals surface area contributed by atoms with Crippen LogP contribution in [0.15, 0.2) is 6.33 Å². The summed E-state index contributed by atoms with van der Waals surface area (Å²) < 4.78 is 0. The number of carbonyl (C=O) groups is 3. The number of hydrogen-bond donors (Lipinski definition) is 4. The molecule has 1 atom stereocenters. The van der Waals surface area contributed by atoms with E-state index in [4.69, 9.17) is 10.2 Å². The molecular weight excluding hydrogens is 220 g/mol. The van der Waals surface area contributed by atoms with Gasteiger partial charge in [-0.25, -0.2) is 9.78 Å². The lowest BCUT2D eigenvalue weighted by Gasteiger charge is -2.10. The summed E-state index contributed by atoms with van der Waals surface area (Å²) in [5, 5.41) is 24.7. The number of H-pyrrole nitrogens is 1. The van der Waals surface area contributed by atoms with Crippen molar-refractivity contribution in [2.75, 3.05) is 0 Å². The Labute approximate surface area is 88.5 Å². The molecule has 1 heterocycles. The second-order valence-corrected chi connectivity index (χ2v) is 2.80. The van der Waals surface area contributed by atoms with Gasteiger partial charge in [-0.1, -0.05) is 0 Å². The van der Waals surface area contributed by atoms with E-state index in [-0.39, 0.29) is 5.82 Å². The van der Waals surface area contributed by atoms with E-state index in [0.29, 0.717) is 0 Å². The molecule has 0 radical (unpaired) electrons. The first-order chi connectivity index (χ1) is 7.50. The van der Waals surface area contributed by atoms with Crippen molar-refractivity contribution in [3.63, 3.8) is 0 Å². The van der Waals surface area contributed by atoms with E-state index < -0.39 is 30.3 Å².